The Hall–Kier alpha value is -1.07. The number of hydrogen-bond acceptors (Lipinski definition) is 4. The molecule has 0 unspecified atom stereocenters. The predicted octanol–water partition coefficient (Wildman–Crippen LogP) is 1.70. The lowest BCUT2D eigenvalue weighted by Gasteiger charge is -2.16. The normalized spacial score (nSPS) is 11.1. The summed E-state index contributed by atoms with van der Waals surface area (Å²) in [4.78, 5) is 7.78. The van der Waals surface area contributed by atoms with E-state index in [1.165, 1.54) is 0 Å². The minimum absolute atomic E-state index is 0.529. The van der Waals surface area contributed by atoms with Crippen LogP contribution in [0.4, 0.5) is 5.82 Å². The Morgan fingerprint density at radius 2 is 2.40 bits per heavy atom. The first kappa shape index (κ1) is 10.4. The van der Waals surface area contributed by atoms with E-state index in [0.717, 1.165) is 29.4 Å². The van der Waals surface area contributed by atoms with Crippen molar-refractivity contribution in [3.63, 3.8) is 0 Å². The zero-order chi connectivity index (χ0) is 10.8. The molecule has 0 aromatic carbocycles. The fraction of sp³-hybridized carbons (Fsp3) is 0.500. The van der Waals surface area contributed by atoms with Crippen LogP contribution in [0.2, 0.25) is 0 Å². The topological polar surface area (TPSA) is 46.6 Å². The van der Waals surface area contributed by atoms with E-state index >= 15 is 0 Å². The molecule has 2 aromatic rings. The third-order valence-electron chi connectivity index (χ3n) is 2.45. The van der Waals surface area contributed by atoms with Gasteiger partial charge in [-0.15, -0.1) is 11.3 Å². The number of fused-ring (bicyclic) bond motifs is 1. The molecule has 2 heterocycles. The average Bonchev–Trinajstić information content (AvgIpc) is 2.76. The lowest BCUT2D eigenvalue weighted by Crippen LogP contribution is -2.20. The molecule has 5 heteroatoms. The Labute approximate surface area is 93.3 Å². The molecule has 4 nitrogen and oxygen atoms in total. The molecule has 82 valence electrons. The number of nitrogens with zero attached hydrogens (tertiary/aromatic N) is 3. The van der Waals surface area contributed by atoms with Crippen LogP contribution in [0.5, 0.6) is 0 Å². The summed E-state index contributed by atoms with van der Waals surface area (Å²) in [7, 11) is 2.06. The van der Waals surface area contributed by atoms with E-state index in [0.29, 0.717) is 6.54 Å². The van der Waals surface area contributed by atoms with Gasteiger partial charge in [0.2, 0.25) is 0 Å². The number of hydrogen-bond donors (Lipinski definition) is 1. The second kappa shape index (κ2) is 4.20. The quantitative estimate of drug-likeness (QED) is 0.860. The van der Waals surface area contributed by atoms with Crippen LogP contribution < -0.4 is 10.6 Å². The standard InChI is InChI=1S/C10H16N4S/c1-3-4-13(2)9-8(7-11)14-5-6-15-10(14)12-9/h5-6H,3-4,7,11H2,1-2H3. The van der Waals surface area contributed by atoms with E-state index in [9.17, 15) is 0 Å². The Morgan fingerprint density at radius 3 is 3.07 bits per heavy atom. The minimum Gasteiger partial charge on any atom is -0.358 e. The summed E-state index contributed by atoms with van der Waals surface area (Å²) in [5.41, 5.74) is 6.87. The number of nitrogens with two attached hydrogens (primary N) is 1. The zero-order valence-corrected chi connectivity index (χ0v) is 9.92. The Kier molecular flexibility index (Phi) is 2.93. The van der Waals surface area contributed by atoms with Crippen LogP contribution in [-0.2, 0) is 6.54 Å². The van der Waals surface area contributed by atoms with Gasteiger partial charge in [-0.1, -0.05) is 6.92 Å². The van der Waals surface area contributed by atoms with Gasteiger partial charge in [-0.25, -0.2) is 4.98 Å². The van der Waals surface area contributed by atoms with E-state index in [-0.39, 0.29) is 0 Å². The van der Waals surface area contributed by atoms with Crippen LogP contribution in [0, 0.1) is 0 Å². The van der Waals surface area contributed by atoms with Crippen molar-refractivity contribution in [3.05, 3.63) is 17.3 Å². The van der Waals surface area contributed by atoms with Crippen LogP contribution in [-0.4, -0.2) is 23.0 Å². The highest BCUT2D eigenvalue weighted by Gasteiger charge is 2.14. The molecule has 0 amide bonds. The third kappa shape index (κ3) is 1.72. The van der Waals surface area contributed by atoms with Crippen molar-refractivity contribution in [2.75, 3.05) is 18.5 Å². The summed E-state index contributed by atoms with van der Waals surface area (Å²) in [5, 5.41) is 2.03. The molecule has 0 fully saturated rings. The van der Waals surface area contributed by atoms with Gasteiger partial charge < -0.3 is 10.6 Å². The largest absolute Gasteiger partial charge is 0.358 e. The second-order valence-corrected chi connectivity index (χ2v) is 4.44. The fourth-order valence-corrected chi connectivity index (χ4v) is 2.49. The summed E-state index contributed by atoms with van der Waals surface area (Å²) in [6.07, 6.45) is 3.14. The van der Waals surface area contributed by atoms with Gasteiger partial charge in [0, 0.05) is 31.7 Å². The van der Waals surface area contributed by atoms with Crippen LogP contribution in [0.15, 0.2) is 11.6 Å². The van der Waals surface area contributed by atoms with Gasteiger partial charge in [0.05, 0.1) is 5.69 Å². The van der Waals surface area contributed by atoms with Gasteiger partial charge in [0.15, 0.2) is 10.8 Å². The SMILES string of the molecule is CCCN(C)c1nc2sccn2c1CN. The van der Waals surface area contributed by atoms with Gasteiger partial charge >= 0.3 is 0 Å². The van der Waals surface area contributed by atoms with Crippen LogP contribution >= 0.6 is 11.3 Å². The number of rotatable bonds is 4. The van der Waals surface area contributed by atoms with Crippen LogP contribution in [0.3, 0.4) is 0 Å². The molecule has 0 aliphatic carbocycles. The highest BCUT2D eigenvalue weighted by atomic mass is 32.1. The van der Waals surface area contributed by atoms with Crippen molar-refractivity contribution in [2.45, 2.75) is 19.9 Å². The molecular weight excluding hydrogens is 208 g/mol. The molecule has 0 spiro atoms. The zero-order valence-electron chi connectivity index (χ0n) is 9.10. The van der Waals surface area contributed by atoms with Crippen LogP contribution in [0.25, 0.3) is 4.96 Å². The number of anilines is 1. The van der Waals surface area contributed by atoms with Gasteiger partial charge in [-0.05, 0) is 6.42 Å². The maximum absolute atomic E-state index is 5.77. The summed E-state index contributed by atoms with van der Waals surface area (Å²) in [5.74, 6) is 1.02. The minimum atomic E-state index is 0.529. The molecule has 0 aliphatic heterocycles. The van der Waals surface area contributed by atoms with Crippen molar-refractivity contribution in [2.24, 2.45) is 5.73 Å². The van der Waals surface area contributed by atoms with Crippen molar-refractivity contribution in [1.29, 1.82) is 0 Å². The van der Waals surface area contributed by atoms with Gasteiger partial charge in [0.1, 0.15) is 0 Å². The molecule has 0 atom stereocenters. The Bertz CT molecular complexity index is 445. The third-order valence-corrected chi connectivity index (χ3v) is 3.21. The van der Waals surface area contributed by atoms with E-state index in [2.05, 4.69) is 28.3 Å². The number of aromatic nitrogens is 2. The lowest BCUT2D eigenvalue weighted by atomic mass is 10.3. The molecule has 0 aliphatic rings. The van der Waals surface area contributed by atoms with Crippen molar-refractivity contribution in [3.8, 4) is 0 Å². The van der Waals surface area contributed by atoms with Crippen molar-refractivity contribution in [1.82, 2.24) is 9.38 Å². The molecule has 2 N–H and O–H groups in total. The first-order valence-corrected chi connectivity index (χ1v) is 6.01. The molecule has 0 saturated heterocycles. The maximum atomic E-state index is 5.77. The average molecular weight is 224 g/mol. The fourth-order valence-electron chi connectivity index (χ4n) is 1.76. The summed E-state index contributed by atoms with van der Waals surface area (Å²) >= 11 is 1.64. The van der Waals surface area contributed by atoms with E-state index in [4.69, 9.17) is 5.73 Å². The van der Waals surface area contributed by atoms with Gasteiger partial charge in [0.25, 0.3) is 0 Å². The highest BCUT2D eigenvalue weighted by molar-refractivity contribution is 7.15. The van der Waals surface area contributed by atoms with Crippen molar-refractivity contribution < 1.29 is 0 Å². The lowest BCUT2D eigenvalue weighted by molar-refractivity contribution is 0.827. The molecule has 0 bridgehead atoms. The summed E-state index contributed by atoms with van der Waals surface area (Å²) in [6, 6.07) is 0. The molecular formula is C10H16N4S. The molecule has 2 rings (SSSR count). The number of thiazole rings is 1. The molecule has 2 aromatic heterocycles. The summed E-state index contributed by atoms with van der Waals surface area (Å²) < 4.78 is 2.08. The molecule has 0 saturated carbocycles. The molecule has 0 radical (unpaired) electrons. The monoisotopic (exact) mass is 224 g/mol. The highest BCUT2D eigenvalue weighted by Crippen LogP contribution is 2.23. The second-order valence-electron chi connectivity index (χ2n) is 3.56. The first-order valence-electron chi connectivity index (χ1n) is 5.13. The van der Waals surface area contributed by atoms with E-state index < -0.39 is 0 Å². The van der Waals surface area contributed by atoms with Crippen LogP contribution in [0.1, 0.15) is 19.0 Å². The van der Waals surface area contributed by atoms with Gasteiger partial charge in [-0.3, -0.25) is 4.40 Å². The summed E-state index contributed by atoms with van der Waals surface area (Å²) in [6.45, 7) is 3.70. The predicted molar refractivity (Wildman–Crippen MR) is 64.5 cm³/mol. The Balaban J connectivity index is 2.45. The van der Waals surface area contributed by atoms with Crippen molar-refractivity contribution >= 4 is 22.1 Å². The Morgan fingerprint density at radius 1 is 1.60 bits per heavy atom. The van der Waals surface area contributed by atoms with Gasteiger partial charge in [-0.2, -0.15) is 0 Å². The molecule has 15 heavy (non-hydrogen) atoms. The number of imidazole rings is 1. The van der Waals surface area contributed by atoms with E-state index in [1.54, 1.807) is 11.3 Å². The first-order chi connectivity index (χ1) is 7.27. The smallest absolute Gasteiger partial charge is 0.195 e. The maximum Gasteiger partial charge on any atom is 0.195 e. The van der Waals surface area contributed by atoms with E-state index in [1.807, 2.05) is 11.6 Å².